The zero-order chi connectivity index (χ0) is 22.1. The van der Waals surface area contributed by atoms with Gasteiger partial charge in [-0.25, -0.2) is 8.42 Å². The van der Waals surface area contributed by atoms with E-state index in [1.807, 2.05) is 18.2 Å². The van der Waals surface area contributed by atoms with Gasteiger partial charge in [0.1, 0.15) is 0 Å². The maximum Gasteiger partial charge on any atom is 0.251 e. The molecule has 2 aliphatic rings. The highest BCUT2D eigenvalue weighted by Gasteiger charge is 2.47. The van der Waals surface area contributed by atoms with Crippen molar-refractivity contribution in [3.63, 3.8) is 0 Å². The fourth-order valence-corrected chi connectivity index (χ4v) is 4.83. The maximum absolute atomic E-state index is 12.7. The molecule has 0 bridgehead atoms. The molecule has 2 aromatic carbocycles. The average Bonchev–Trinajstić information content (AvgIpc) is 3.70. The first-order valence-corrected chi connectivity index (χ1v) is 12.4. The van der Waals surface area contributed by atoms with Crippen LogP contribution in [0.15, 0.2) is 59.5 Å². The lowest BCUT2D eigenvalue weighted by Crippen LogP contribution is -2.46. The number of carbonyl (C=O) groups is 2. The molecule has 0 radical (unpaired) electrons. The molecule has 0 aromatic heterocycles. The molecule has 2 saturated carbocycles. The molecule has 2 atom stereocenters. The number of benzene rings is 2. The number of sulfone groups is 1. The average molecular weight is 441 g/mol. The van der Waals surface area contributed by atoms with Crippen LogP contribution in [0.2, 0.25) is 0 Å². The van der Waals surface area contributed by atoms with E-state index in [1.54, 1.807) is 19.1 Å². The third-order valence-electron chi connectivity index (χ3n) is 6.27. The Hall–Kier alpha value is -2.67. The minimum absolute atomic E-state index is 0.0134. The smallest absolute Gasteiger partial charge is 0.251 e. The van der Waals surface area contributed by atoms with Crippen molar-refractivity contribution in [2.24, 2.45) is 11.8 Å². The van der Waals surface area contributed by atoms with Crippen LogP contribution in [0, 0.1) is 11.8 Å². The van der Waals surface area contributed by atoms with E-state index in [9.17, 15) is 18.0 Å². The monoisotopic (exact) mass is 440 g/mol. The second kappa shape index (κ2) is 8.46. The number of nitrogens with one attached hydrogen (secondary N) is 2. The van der Waals surface area contributed by atoms with E-state index in [2.05, 4.69) is 22.8 Å². The van der Waals surface area contributed by atoms with Gasteiger partial charge >= 0.3 is 0 Å². The topological polar surface area (TPSA) is 92.3 Å². The normalized spacial score (nSPS) is 21.2. The number of carbonyl (C=O) groups excluding carboxylic acids is 2. The predicted molar refractivity (Wildman–Crippen MR) is 118 cm³/mol. The van der Waals surface area contributed by atoms with Gasteiger partial charge in [-0.2, -0.15) is 0 Å². The van der Waals surface area contributed by atoms with Gasteiger partial charge in [0.25, 0.3) is 5.91 Å². The number of hydrogen-bond acceptors (Lipinski definition) is 4. The molecule has 6 nitrogen and oxygen atoms in total. The summed E-state index contributed by atoms with van der Waals surface area (Å²) in [7, 11) is -3.37. The lowest BCUT2D eigenvalue weighted by molar-refractivity contribution is -0.122. The van der Waals surface area contributed by atoms with Crippen LogP contribution in [-0.2, 0) is 21.1 Å². The van der Waals surface area contributed by atoms with Gasteiger partial charge in [0.15, 0.2) is 9.84 Å². The molecule has 0 spiro atoms. The molecule has 2 N–H and O–H groups in total. The van der Waals surface area contributed by atoms with Crippen LogP contribution in [-0.4, -0.2) is 38.1 Å². The summed E-state index contributed by atoms with van der Waals surface area (Å²) in [5, 5.41) is 6.01. The second-order valence-electron chi connectivity index (χ2n) is 8.68. The van der Waals surface area contributed by atoms with Crippen LogP contribution in [0.3, 0.4) is 0 Å². The van der Waals surface area contributed by atoms with Crippen molar-refractivity contribution in [2.45, 2.75) is 43.0 Å². The third kappa shape index (κ3) is 5.15. The molecule has 0 heterocycles. The predicted octanol–water partition coefficient (Wildman–Crippen LogP) is 2.74. The number of rotatable bonds is 9. The molecule has 31 heavy (non-hydrogen) atoms. The SMILES string of the molecule is CCS(=O)(=O)c1cccc(C(=O)NC2(CNC(=O)C3CC3Cc3ccccc3)CC2)c1. The Balaban J connectivity index is 1.29. The van der Waals surface area contributed by atoms with Crippen molar-refractivity contribution in [1.82, 2.24) is 10.6 Å². The molecular weight excluding hydrogens is 412 g/mol. The number of hydrogen-bond donors (Lipinski definition) is 2. The van der Waals surface area contributed by atoms with E-state index in [0.29, 0.717) is 18.0 Å². The molecule has 2 aromatic rings. The Morgan fingerprint density at radius 2 is 1.81 bits per heavy atom. The van der Waals surface area contributed by atoms with Gasteiger partial charge in [0, 0.05) is 18.0 Å². The summed E-state index contributed by atoms with van der Waals surface area (Å²) >= 11 is 0. The summed E-state index contributed by atoms with van der Waals surface area (Å²) in [5.41, 5.74) is 1.13. The fraction of sp³-hybridized carbons (Fsp3) is 0.417. The first-order valence-electron chi connectivity index (χ1n) is 10.8. The summed E-state index contributed by atoms with van der Waals surface area (Å²) in [4.78, 5) is 25.4. The van der Waals surface area contributed by atoms with E-state index >= 15 is 0 Å². The van der Waals surface area contributed by atoms with E-state index < -0.39 is 15.4 Å². The molecule has 0 aliphatic heterocycles. The van der Waals surface area contributed by atoms with Crippen LogP contribution in [0.5, 0.6) is 0 Å². The molecule has 164 valence electrons. The van der Waals surface area contributed by atoms with Gasteiger partial charge in [0.05, 0.1) is 16.2 Å². The molecule has 7 heteroatoms. The zero-order valence-electron chi connectivity index (χ0n) is 17.6. The van der Waals surface area contributed by atoms with Crippen LogP contribution < -0.4 is 10.6 Å². The largest absolute Gasteiger partial charge is 0.354 e. The Kier molecular flexibility index (Phi) is 5.88. The zero-order valence-corrected chi connectivity index (χ0v) is 18.5. The molecule has 2 aliphatic carbocycles. The lowest BCUT2D eigenvalue weighted by atomic mass is 10.1. The Bertz CT molecular complexity index is 1080. The minimum atomic E-state index is -3.37. The van der Waals surface area contributed by atoms with Gasteiger partial charge in [-0.05, 0) is 55.4 Å². The van der Waals surface area contributed by atoms with Crippen LogP contribution in [0.4, 0.5) is 0 Å². The van der Waals surface area contributed by atoms with Crippen LogP contribution in [0.25, 0.3) is 0 Å². The van der Waals surface area contributed by atoms with Crippen LogP contribution >= 0.6 is 0 Å². The van der Waals surface area contributed by atoms with Gasteiger partial charge in [-0.15, -0.1) is 0 Å². The number of amides is 2. The van der Waals surface area contributed by atoms with Crippen LogP contribution in [0.1, 0.15) is 42.1 Å². The van der Waals surface area contributed by atoms with Crippen molar-refractivity contribution < 1.29 is 18.0 Å². The molecule has 0 saturated heterocycles. The van der Waals surface area contributed by atoms with Crippen molar-refractivity contribution in [3.8, 4) is 0 Å². The van der Waals surface area contributed by atoms with Gasteiger partial charge in [-0.1, -0.05) is 43.3 Å². The first kappa shape index (κ1) is 21.6. The summed E-state index contributed by atoms with van der Waals surface area (Å²) in [6.45, 7) is 1.98. The van der Waals surface area contributed by atoms with Crippen molar-refractivity contribution >= 4 is 21.7 Å². The van der Waals surface area contributed by atoms with Crippen molar-refractivity contribution in [3.05, 3.63) is 65.7 Å². The van der Waals surface area contributed by atoms with E-state index in [4.69, 9.17) is 0 Å². The molecular formula is C24H28N2O4S. The molecule has 2 unspecified atom stereocenters. The Morgan fingerprint density at radius 3 is 2.48 bits per heavy atom. The van der Waals surface area contributed by atoms with Crippen molar-refractivity contribution in [1.29, 1.82) is 0 Å². The first-order chi connectivity index (χ1) is 14.8. The summed E-state index contributed by atoms with van der Waals surface area (Å²) in [5.74, 6) is 0.157. The molecule has 2 fully saturated rings. The highest BCUT2D eigenvalue weighted by molar-refractivity contribution is 7.91. The molecule has 4 rings (SSSR count). The summed E-state index contributed by atoms with van der Waals surface area (Å²) in [6, 6.07) is 16.3. The summed E-state index contributed by atoms with van der Waals surface area (Å²) in [6.07, 6.45) is 3.41. The minimum Gasteiger partial charge on any atom is -0.354 e. The Labute approximate surface area is 183 Å². The molecule has 2 amide bonds. The van der Waals surface area contributed by atoms with E-state index in [1.165, 1.54) is 17.7 Å². The second-order valence-corrected chi connectivity index (χ2v) is 11.0. The van der Waals surface area contributed by atoms with E-state index in [-0.39, 0.29) is 28.4 Å². The maximum atomic E-state index is 12.7. The standard InChI is InChI=1S/C24H28N2O4S/c1-2-31(29,30)20-10-6-9-18(14-20)22(27)26-24(11-12-24)16-25-23(28)21-15-19(21)13-17-7-4-3-5-8-17/h3-10,14,19,21H,2,11-13,15-16H2,1H3,(H,25,28)(H,26,27). The van der Waals surface area contributed by atoms with Gasteiger partial charge < -0.3 is 10.6 Å². The summed E-state index contributed by atoms with van der Waals surface area (Å²) < 4.78 is 24.2. The Morgan fingerprint density at radius 1 is 1.06 bits per heavy atom. The fourth-order valence-electron chi connectivity index (χ4n) is 3.91. The highest BCUT2D eigenvalue weighted by atomic mass is 32.2. The van der Waals surface area contributed by atoms with Gasteiger partial charge in [-0.3, -0.25) is 9.59 Å². The lowest BCUT2D eigenvalue weighted by Gasteiger charge is -2.18. The van der Waals surface area contributed by atoms with Gasteiger partial charge in [0.2, 0.25) is 5.91 Å². The van der Waals surface area contributed by atoms with Crippen molar-refractivity contribution in [2.75, 3.05) is 12.3 Å². The van der Waals surface area contributed by atoms with E-state index in [0.717, 1.165) is 25.7 Å². The third-order valence-corrected chi connectivity index (χ3v) is 8.00. The quantitative estimate of drug-likeness (QED) is 0.627. The highest BCUT2D eigenvalue weighted by Crippen LogP contribution is 2.42.